The predicted molar refractivity (Wildman–Crippen MR) is 75.9 cm³/mol. The van der Waals surface area contributed by atoms with E-state index in [9.17, 15) is 9.90 Å². The van der Waals surface area contributed by atoms with E-state index in [1.54, 1.807) is 11.8 Å². The summed E-state index contributed by atoms with van der Waals surface area (Å²) in [5.41, 5.74) is 0.821. The first-order valence-corrected chi connectivity index (χ1v) is 6.74. The topological polar surface area (TPSA) is 61.4 Å². The quantitative estimate of drug-likeness (QED) is 0.771. The molecule has 0 aliphatic carbocycles. The Labute approximate surface area is 117 Å². The maximum Gasteiger partial charge on any atom is 0.238 e. The van der Waals surface area contributed by atoms with Gasteiger partial charge in [-0.1, -0.05) is 30.3 Å². The SMILES string of the molecule is Cl.O=C(NCC(O)c1ccccc1)C1CSCN1. The Kier molecular flexibility index (Phi) is 6.49. The first-order chi connectivity index (χ1) is 8.27. The van der Waals surface area contributed by atoms with Crippen molar-refractivity contribution in [3.8, 4) is 0 Å². The van der Waals surface area contributed by atoms with Crippen LogP contribution in [0.1, 0.15) is 11.7 Å². The van der Waals surface area contributed by atoms with E-state index in [-0.39, 0.29) is 30.9 Å². The molecule has 0 bridgehead atoms. The number of hydrogen-bond donors (Lipinski definition) is 3. The second-order valence-corrected chi connectivity index (χ2v) is 4.97. The standard InChI is InChI=1S/C12H16N2O2S.ClH/c15-11(9-4-2-1-3-5-9)6-13-12(16)10-7-17-8-14-10;/h1-5,10-11,14-15H,6-8H2,(H,13,16);1H. The molecule has 1 aliphatic heterocycles. The Morgan fingerprint density at radius 3 is 2.83 bits per heavy atom. The molecule has 1 aromatic rings. The number of amides is 1. The van der Waals surface area contributed by atoms with Gasteiger partial charge >= 0.3 is 0 Å². The number of carbonyl (C=O) groups is 1. The van der Waals surface area contributed by atoms with Gasteiger partial charge in [-0.3, -0.25) is 10.1 Å². The van der Waals surface area contributed by atoms with Crippen LogP contribution in [0.5, 0.6) is 0 Å². The van der Waals surface area contributed by atoms with Crippen LogP contribution in [0.3, 0.4) is 0 Å². The number of aliphatic hydroxyl groups is 1. The van der Waals surface area contributed by atoms with Gasteiger partial charge in [-0.25, -0.2) is 0 Å². The average Bonchev–Trinajstić information content (AvgIpc) is 2.90. The van der Waals surface area contributed by atoms with Gasteiger partial charge in [0.05, 0.1) is 12.1 Å². The number of aliphatic hydroxyl groups excluding tert-OH is 1. The fraction of sp³-hybridized carbons (Fsp3) is 0.417. The molecule has 1 aromatic carbocycles. The van der Waals surface area contributed by atoms with Crippen molar-refractivity contribution >= 4 is 30.1 Å². The van der Waals surface area contributed by atoms with Crippen molar-refractivity contribution in [3.63, 3.8) is 0 Å². The summed E-state index contributed by atoms with van der Waals surface area (Å²) in [6.07, 6.45) is -0.644. The average molecular weight is 289 g/mol. The third kappa shape index (κ3) is 4.17. The molecule has 3 N–H and O–H groups in total. The lowest BCUT2D eigenvalue weighted by Crippen LogP contribution is -2.43. The minimum atomic E-state index is -0.644. The molecule has 1 saturated heterocycles. The fourth-order valence-electron chi connectivity index (χ4n) is 1.68. The van der Waals surface area contributed by atoms with Crippen LogP contribution >= 0.6 is 24.2 Å². The van der Waals surface area contributed by atoms with Gasteiger partial charge in [-0.2, -0.15) is 0 Å². The van der Waals surface area contributed by atoms with E-state index in [1.807, 2.05) is 30.3 Å². The molecule has 2 atom stereocenters. The van der Waals surface area contributed by atoms with Gasteiger partial charge < -0.3 is 10.4 Å². The zero-order valence-electron chi connectivity index (χ0n) is 9.83. The highest BCUT2D eigenvalue weighted by atomic mass is 35.5. The van der Waals surface area contributed by atoms with Crippen LogP contribution in [-0.2, 0) is 4.79 Å². The molecule has 1 heterocycles. The molecule has 100 valence electrons. The van der Waals surface area contributed by atoms with Crippen LogP contribution < -0.4 is 10.6 Å². The number of nitrogens with one attached hydrogen (secondary N) is 2. The van der Waals surface area contributed by atoms with E-state index >= 15 is 0 Å². The summed E-state index contributed by atoms with van der Waals surface area (Å²) >= 11 is 1.71. The third-order valence-electron chi connectivity index (χ3n) is 2.69. The zero-order valence-corrected chi connectivity index (χ0v) is 11.5. The summed E-state index contributed by atoms with van der Waals surface area (Å²) in [6, 6.07) is 9.21. The first kappa shape index (κ1) is 15.3. The maximum atomic E-state index is 11.7. The van der Waals surface area contributed by atoms with Crippen LogP contribution in [0.15, 0.2) is 30.3 Å². The Bertz CT molecular complexity index is 372. The van der Waals surface area contributed by atoms with Crippen LogP contribution in [-0.4, -0.2) is 35.2 Å². The van der Waals surface area contributed by atoms with Crippen LogP contribution in [0.25, 0.3) is 0 Å². The lowest BCUT2D eigenvalue weighted by molar-refractivity contribution is -0.122. The van der Waals surface area contributed by atoms with Crippen LogP contribution in [0.4, 0.5) is 0 Å². The van der Waals surface area contributed by atoms with Crippen molar-refractivity contribution in [2.75, 3.05) is 18.2 Å². The molecule has 0 spiro atoms. The monoisotopic (exact) mass is 288 g/mol. The van der Waals surface area contributed by atoms with Crippen molar-refractivity contribution in [3.05, 3.63) is 35.9 Å². The Balaban J connectivity index is 0.00000162. The summed E-state index contributed by atoms with van der Waals surface area (Å²) in [4.78, 5) is 11.7. The minimum absolute atomic E-state index is 0. The molecule has 1 aliphatic rings. The van der Waals surface area contributed by atoms with E-state index in [2.05, 4.69) is 10.6 Å². The molecule has 18 heavy (non-hydrogen) atoms. The second kappa shape index (κ2) is 7.63. The van der Waals surface area contributed by atoms with Crippen molar-refractivity contribution in [2.45, 2.75) is 12.1 Å². The second-order valence-electron chi connectivity index (χ2n) is 3.94. The number of benzene rings is 1. The summed E-state index contributed by atoms with van der Waals surface area (Å²) < 4.78 is 0. The Morgan fingerprint density at radius 1 is 1.50 bits per heavy atom. The van der Waals surface area contributed by atoms with Gasteiger partial charge in [0.2, 0.25) is 5.91 Å². The zero-order chi connectivity index (χ0) is 12.1. The van der Waals surface area contributed by atoms with Crippen molar-refractivity contribution in [1.29, 1.82) is 0 Å². The maximum absolute atomic E-state index is 11.7. The highest BCUT2D eigenvalue weighted by Gasteiger charge is 2.22. The van der Waals surface area contributed by atoms with Gasteiger partial charge in [0.25, 0.3) is 0 Å². The van der Waals surface area contributed by atoms with Gasteiger partial charge in [0.1, 0.15) is 0 Å². The number of thioether (sulfide) groups is 1. The lowest BCUT2D eigenvalue weighted by Gasteiger charge is -2.14. The number of carbonyl (C=O) groups excluding carboxylic acids is 1. The molecule has 0 saturated carbocycles. The van der Waals surface area contributed by atoms with Crippen molar-refractivity contribution in [2.24, 2.45) is 0 Å². The molecule has 1 fully saturated rings. The normalized spacial score (nSPS) is 19.9. The van der Waals surface area contributed by atoms with Gasteiger partial charge in [-0.05, 0) is 5.56 Å². The molecule has 2 rings (SSSR count). The summed E-state index contributed by atoms with van der Waals surface area (Å²) in [5.74, 6) is 1.58. The highest BCUT2D eigenvalue weighted by Crippen LogP contribution is 2.12. The third-order valence-corrected chi connectivity index (χ3v) is 3.63. The first-order valence-electron chi connectivity index (χ1n) is 5.59. The Morgan fingerprint density at radius 2 is 2.22 bits per heavy atom. The van der Waals surface area contributed by atoms with Gasteiger partial charge in [0.15, 0.2) is 0 Å². The van der Waals surface area contributed by atoms with Crippen molar-refractivity contribution < 1.29 is 9.90 Å². The fourth-order valence-corrected chi connectivity index (χ4v) is 2.62. The molecular formula is C12H17ClN2O2S. The summed E-state index contributed by atoms with van der Waals surface area (Å²) in [5, 5.41) is 15.7. The minimum Gasteiger partial charge on any atom is -0.387 e. The molecule has 4 nitrogen and oxygen atoms in total. The predicted octanol–water partition coefficient (Wildman–Crippen LogP) is 0.920. The van der Waals surface area contributed by atoms with E-state index in [0.29, 0.717) is 0 Å². The van der Waals surface area contributed by atoms with Crippen molar-refractivity contribution in [1.82, 2.24) is 10.6 Å². The molecule has 0 aromatic heterocycles. The smallest absolute Gasteiger partial charge is 0.238 e. The number of hydrogen-bond acceptors (Lipinski definition) is 4. The largest absolute Gasteiger partial charge is 0.387 e. The van der Waals surface area contributed by atoms with E-state index in [4.69, 9.17) is 0 Å². The highest BCUT2D eigenvalue weighted by molar-refractivity contribution is 7.99. The Hall–Kier alpha value is -0.750. The van der Waals surface area contributed by atoms with E-state index in [1.165, 1.54) is 0 Å². The molecular weight excluding hydrogens is 272 g/mol. The van der Waals surface area contributed by atoms with Crippen LogP contribution in [0, 0.1) is 0 Å². The molecule has 1 amide bonds. The molecule has 6 heteroatoms. The van der Waals surface area contributed by atoms with E-state index < -0.39 is 6.10 Å². The lowest BCUT2D eigenvalue weighted by atomic mass is 10.1. The number of rotatable bonds is 4. The number of halogens is 1. The molecule has 0 radical (unpaired) electrons. The van der Waals surface area contributed by atoms with Gasteiger partial charge in [-0.15, -0.1) is 24.2 Å². The van der Waals surface area contributed by atoms with E-state index in [0.717, 1.165) is 17.2 Å². The summed E-state index contributed by atoms with van der Waals surface area (Å²) in [6.45, 7) is 0.256. The molecule has 2 unspecified atom stereocenters. The summed E-state index contributed by atoms with van der Waals surface area (Å²) in [7, 11) is 0. The van der Waals surface area contributed by atoms with Crippen LogP contribution in [0.2, 0.25) is 0 Å². The van der Waals surface area contributed by atoms with Gasteiger partial charge in [0, 0.05) is 18.2 Å².